The Balaban J connectivity index is 0.000000845. The fraction of sp³-hybridized carbons (Fsp3) is 0.333. The van der Waals surface area contributed by atoms with Crippen molar-refractivity contribution in [2.45, 2.75) is 18.3 Å². The van der Waals surface area contributed by atoms with Crippen molar-refractivity contribution in [2.75, 3.05) is 0 Å². The molecule has 0 unspecified atom stereocenters. The number of aliphatic carboxylic acids is 1. The molecule has 4 heteroatoms. The smallest absolute Gasteiger partial charge is 0.314 e. The molecule has 70 valence electrons. The molecule has 0 radical (unpaired) electrons. The third-order valence-corrected chi connectivity index (χ3v) is 2.39. The average Bonchev–Trinajstić information content (AvgIpc) is 2.86. The van der Waals surface area contributed by atoms with Crippen LogP contribution in [0.5, 0.6) is 0 Å². The maximum atomic E-state index is 10.9. The number of carboxylic acids is 1. The maximum absolute atomic E-state index is 10.9. The highest BCUT2D eigenvalue weighted by Gasteiger charge is 2.51. The molecule has 1 aromatic heterocycles. The van der Waals surface area contributed by atoms with E-state index in [-0.39, 0.29) is 12.4 Å². The predicted octanol–water partition coefficient (Wildman–Crippen LogP) is 1.62. The second-order valence-corrected chi connectivity index (χ2v) is 3.12. The molecule has 1 N–H and O–H groups in total. The van der Waals surface area contributed by atoms with Crippen LogP contribution >= 0.6 is 12.4 Å². The van der Waals surface area contributed by atoms with Crippen LogP contribution in [0.2, 0.25) is 0 Å². The lowest BCUT2D eigenvalue weighted by atomic mass is 9.98. The summed E-state index contributed by atoms with van der Waals surface area (Å²) < 4.78 is 0. The van der Waals surface area contributed by atoms with Gasteiger partial charge in [-0.05, 0) is 30.5 Å². The maximum Gasteiger partial charge on any atom is 0.314 e. The van der Waals surface area contributed by atoms with Gasteiger partial charge in [0.05, 0.1) is 5.41 Å². The number of pyridine rings is 1. The summed E-state index contributed by atoms with van der Waals surface area (Å²) in [6.45, 7) is 0. The zero-order valence-corrected chi connectivity index (χ0v) is 7.75. The van der Waals surface area contributed by atoms with Gasteiger partial charge in [0, 0.05) is 12.4 Å². The van der Waals surface area contributed by atoms with Gasteiger partial charge in [0.2, 0.25) is 0 Å². The molecule has 0 atom stereocenters. The Morgan fingerprint density at radius 3 is 2.31 bits per heavy atom. The molecule has 1 aromatic rings. The summed E-state index contributed by atoms with van der Waals surface area (Å²) in [6.07, 6.45) is 4.79. The van der Waals surface area contributed by atoms with Gasteiger partial charge in [-0.1, -0.05) is 0 Å². The van der Waals surface area contributed by atoms with Gasteiger partial charge in [-0.2, -0.15) is 0 Å². The Hall–Kier alpha value is -1.09. The Kier molecular flexibility index (Phi) is 2.57. The monoisotopic (exact) mass is 199 g/mol. The summed E-state index contributed by atoms with van der Waals surface area (Å²) in [6, 6.07) is 3.56. The van der Waals surface area contributed by atoms with Crippen molar-refractivity contribution in [2.24, 2.45) is 0 Å². The van der Waals surface area contributed by atoms with Crippen LogP contribution < -0.4 is 0 Å². The molecule has 0 aromatic carbocycles. The Labute approximate surface area is 82.2 Å². The van der Waals surface area contributed by atoms with Gasteiger partial charge in [0.15, 0.2) is 0 Å². The molecule has 1 aliphatic rings. The van der Waals surface area contributed by atoms with Crippen molar-refractivity contribution in [1.29, 1.82) is 0 Å². The summed E-state index contributed by atoms with van der Waals surface area (Å²) in [5, 5.41) is 8.94. The molecular weight excluding hydrogens is 190 g/mol. The van der Waals surface area contributed by atoms with Crippen LogP contribution in [0.1, 0.15) is 18.4 Å². The number of carboxylic acid groups (broad SMARTS) is 1. The zero-order chi connectivity index (χ0) is 8.60. The van der Waals surface area contributed by atoms with Crippen LogP contribution in [-0.4, -0.2) is 16.1 Å². The molecule has 13 heavy (non-hydrogen) atoms. The minimum Gasteiger partial charge on any atom is -0.481 e. The second kappa shape index (κ2) is 3.34. The lowest BCUT2D eigenvalue weighted by Crippen LogP contribution is -2.19. The molecule has 0 bridgehead atoms. The molecule has 2 rings (SSSR count). The van der Waals surface area contributed by atoms with Gasteiger partial charge in [-0.15, -0.1) is 12.4 Å². The van der Waals surface area contributed by atoms with Gasteiger partial charge in [-0.25, -0.2) is 0 Å². The van der Waals surface area contributed by atoms with Crippen LogP contribution in [0.25, 0.3) is 0 Å². The number of aromatic nitrogens is 1. The number of halogens is 1. The van der Waals surface area contributed by atoms with Crippen LogP contribution in [0.15, 0.2) is 24.5 Å². The van der Waals surface area contributed by atoms with E-state index in [0.717, 1.165) is 18.4 Å². The summed E-state index contributed by atoms with van der Waals surface area (Å²) in [5.41, 5.74) is 0.299. The van der Waals surface area contributed by atoms with E-state index < -0.39 is 11.4 Å². The standard InChI is InChI=1S/C9H9NO2.ClH/c11-8(12)9(3-4-9)7-1-5-10-6-2-7;/h1-2,5-6H,3-4H2,(H,11,12);1H. The SMILES string of the molecule is Cl.O=C(O)C1(c2ccncc2)CC1. The third-order valence-electron chi connectivity index (χ3n) is 2.39. The topological polar surface area (TPSA) is 50.2 Å². The van der Waals surface area contributed by atoms with Crippen LogP contribution in [0.4, 0.5) is 0 Å². The number of hydrogen-bond acceptors (Lipinski definition) is 2. The van der Waals surface area contributed by atoms with E-state index in [1.807, 2.05) is 0 Å². The molecular formula is C9H10ClNO2. The summed E-state index contributed by atoms with van der Waals surface area (Å²) in [7, 11) is 0. The minimum absolute atomic E-state index is 0. The molecule has 0 amide bonds. The number of hydrogen-bond donors (Lipinski definition) is 1. The number of nitrogens with zero attached hydrogens (tertiary/aromatic N) is 1. The van der Waals surface area contributed by atoms with Crippen LogP contribution in [0, 0.1) is 0 Å². The van der Waals surface area contributed by atoms with Crippen molar-refractivity contribution in [3.8, 4) is 0 Å². The van der Waals surface area contributed by atoms with Gasteiger partial charge in [0.1, 0.15) is 0 Å². The Morgan fingerprint density at radius 1 is 1.38 bits per heavy atom. The van der Waals surface area contributed by atoms with Gasteiger partial charge < -0.3 is 5.11 Å². The van der Waals surface area contributed by atoms with E-state index >= 15 is 0 Å². The first-order chi connectivity index (χ1) is 5.76. The summed E-state index contributed by atoms with van der Waals surface area (Å²) >= 11 is 0. The first kappa shape index (κ1) is 9.99. The first-order valence-corrected chi connectivity index (χ1v) is 3.90. The summed E-state index contributed by atoms with van der Waals surface area (Å²) in [4.78, 5) is 14.7. The normalized spacial score (nSPS) is 17.2. The molecule has 1 heterocycles. The fourth-order valence-electron chi connectivity index (χ4n) is 1.42. The molecule has 1 fully saturated rings. The highest BCUT2D eigenvalue weighted by atomic mass is 35.5. The highest BCUT2D eigenvalue weighted by molar-refractivity contribution is 5.85. The molecule has 1 aliphatic carbocycles. The second-order valence-electron chi connectivity index (χ2n) is 3.12. The van der Waals surface area contributed by atoms with Crippen molar-refractivity contribution in [3.05, 3.63) is 30.1 Å². The van der Waals surface area contributed by atoms with Crippen LogP contribution in [0.3, 0.4) is 0 Å². The molecule has 0 saturated heterocycles. The molecule has 0 aliphatic heterocycles. The van der Waals surface area contributed by atoms with E-state index in [9.17, 15) is 4.79 Å². The quantitative estimate of drug-likeness (QED) is 0.788. The average molecular weight is 200 g/mol. The van der Waals surface area contributed by atoms with Crippen molar-refractivity contribution in [1.82, 2.24) is 4.98 Å². The van der Waals surface area contributed by atoms with Gasteiger partial charge in [0.25, 0.3) is 0 Å². The molecule has 3 nitrogen and oxygen atoms in total. The molecule has 0 spiro atoms. The summed E-state index contributed by atoms with van der Waals surface area (Å²) in [5.74, 6) is -0.714. The Morgan fingerprint density at radius 2 is 1.92 bits per heavy atom. The first-order valence-electron chi connectivity index (χ1n) is 3.90. The molecule has 1 saturated carbocycles. The number of rotatable bonds is 2. The van der Waals surface area contributed by atoms with E-state index in [1.54, 1.807) is 24.5 Å². The Bertz CT molecular complexity index is 309. The zero-order valence-electron chi connectivity index (χ0n) is 6.93. The van der Waals surface area contributed by atoms with Crippen molar-refractivity contribution >= 4 is 18.4 Å². The van der Waals surface area contributed by atoms with E-state index in [0.29, 0.717) is 0 Å². The van der Waals surface area contributed by atoms with E-state index in [1.165, 1.54) is 0 Å². The van der Waals surface area contributed by atoms with E-state index in [4.69, 9.17) is 5.11 Å². The predicted molar refractivity (Wildman–Crippen MR) is 50.0 cm³/mol. The lowest BCUT2D eigenvalue weighted by Gasteiger charge is -2.08. The van der Waals surface area contributed by atoms with Gasteiger partial charge in [-0.3, -0.25) is 9.78 Å². The lowest BCUT2D eigenvalue weighted by molar-refractivity contribution is -0.140. The van der Waals surface area contributed by atoms with E-state index in [2.05, 4.69) is 4.98 Å². The minimum atomic E-state index is -0.714. The van der Waals surface area contributed by atoms with Gasteiger partial charge >= 0.3 is 5.97 Å². The van der Waals surface area contributed by atoms with Crippen molar-refractivity contribution in [3.63, 3.8) is 0 Å². The fourth-order valence-corrected chi connectivity index (χ4v) is 1.42. The highest BCUT2D eigenvalue weighted by Crippen LogP contribution is 2.48. The van der Waals surface area contributed by atoms with Crippen LogP contribution in [-0.2, 0) is 10.2 Å². The largest absolute Gasteiger partial charge is 0.481 e. The van der Waals surface area contributed by atoms with Crippen molar-refractivity contribution < 1.29 is 9.90 Å². The third kappa shape index (κ3) is 1.52. The number of carbonyl (C=O) groups is 1.